The van der Waals surface area contributed by atoms with Crippen LogP contribution in [-0.4, -0.2) is 25.5 Å². The van der Waals surface area contributed by atoms with Crippen LogP contribution in [0.5, 0.6) is 5.75 Å². The average molecular weight is 316 g/mol. The van der Waals surface area contributed by atoms with Gasteiger partial charge >= 0.3 is 0 Å². The fourth-order valence-electron chi connectivity index (χ4n) is 1.97. The number of benzene rings is 2. The third kappa shape index (κ3) is 4.81. The van der Waals surface area contributed by atoms with Gasteiger partial charge in [-0.1, -0.05) is 12.1 Å². The lowest BCUT2D eigenvalue weighted by molar-refractivity contribution is -0.116. The lowest BCUT2D eigenvalue weighted by Gasteiger charge is -2.09. The minimum atomic E-state index is -0.368. The number of anilines is 1. The summed E-state index contributed by atoms with van der Waals surface area (Å²) in [4.78, 5) is 23.8. The van der Waals surface area contributed by atoms with E-state index < -0.39 is 0 Å². The molecule has 2 aromatic rings. The van der Waals surface area contributed by atoms with Crippen LogP contribution >= 0.6 is 0 Å². The van der Waals surface area contributed by atoms with E-state index in [9.17, 15) is 14.0 Å². The standard InChI is InChI=1S/C17H17FN2O3/c1-23-15-5-3-2-4-14(15)17(22)19-11-10-16(21)20-13-8-6-12(18)7-9-13/h2-9H,10-11H2,1H3,(H,19,22)(H,20,21). The van der Waals surface area contributed by atoms with Crippen LogP contribution < -0.4 is 15.4 Å². The molecule has 0 saturated heterocycles. The number of rotatable bonds is 6. The average Bonchev–Trinajstić information content (AvgIpc) is 2.56. The van der Waals surface area contributed by atoms with Gasteiger partial charge in [0, 0.05) is 18.7 Å². The van der Waals surface area contributed by atoms with Gasteiger partial charge in [-0.25, -0.2) is 4.39 Å². The van der Waals surface area contributed by atoms with E-state index in [0.29, 0.717) is 17.0 Å². The number of halogens is 1. The molecule has 0 atom stereocenters. The molecule has 0 radical (unpaired) electrons. The fraction of sp³-hybridized carbons (Fsp3) is 0.176. The van der Waals surface area contributed by atoms with Crippen LogP contribution in [0.2, 0.25) is 0 Å². The van der Waals surface area contributed by atoms with Crippen molar-refractivity contribution in [3.05, 3.63) is 59.9 Å². The van der Waals surface area contributed by atoms with Crippen molar-refractivity contribution in [2.45, 2.75) is 6.42 Å². The molecule has 23 heavy (non-hydrogen) atoms. The van der Waals surface area contributed by atoms with E-state index in [1.807, 2.05) is 0 Å². The first-order chi connectivity index (χ1) is 11.1. The summed E-state index contributed by atoms with van der Waals surface area (Å²) in [6.07, 6.45) is 0.109. The summed E-state index contributed by atoms with van der Waals surface area (Å²) < 4.78 is 17.9. The third-order valence-corrected chi connectivity index (χ3v) is 3.12. The normalized spacial score (nSPS) is 10.0. The molecule has 2 rings (SSSR count). The number of carbonyl (C=O) groups is 2. The molecule has 0 saturated carbocycles. The van der Waals surface area contributed by atoms with Crippen molar-refractivity contribution in [3.63, 3.8) is 0 Å². The Kier molecular flexibility index (Phi) is 5.68. The summed E-state index contributed by atoms with van der Waals surface area (Å²) in [6.45, 7) is 0.184. The Morgan fingerprint density at radius 1 is 1.09 bits per heavy atom. The van der Waals surface area contributed by atoms with Gasteiger partial charge in [0.15, 0.2) is 0 Å². The molecule has 5 nitrogen and oxygen atoms in total. The minimum Gasteiger partial charge on any atom is -0.496 e. The number of hydrogen-bond acceptors (Lipinski definition) is 3. The minimum absolute atomic E-state index is 0.109. The highest BCUT2D eigenvalue weighted by Gasteiger charge is 2.11. The van der Waals surface area contributed by atoms with Gasteiger partial charge in [0.05, 0.1) is 12.7 Å². The van der Waals surface area contributed by atoms with Gasteiger partial charge in [-0.05, 0) is 36.4 Å². The first kappa shape index (κ1) is 16.5. The van der Waals surface area contributed by atoms with Gasteiger partial charge in [0.1, 0.15) is 11.6 Å². The molecule has 0 spiro atoms. The number of carbonyl (C=O) groups excluding carboxylic acids is 2. The Morgan fingerprint density at radius 2 is 1.78 bits per heavy atom. The molecule has 0 fully saturated rings. The molecule has 2 N–H and O–H groups in total. The summed E-state index contributed by atoms with van der Waals surface area (Å²) in [5, 5.41) is 5.28. The van der Waals surface area contributed by atoms with Gasteiger partial charge in [0.2, 0.25) is 5.91 Å². The second kappa shape index (κ2) is 7.93. The summed E-state index contributed by atoms with van der Waals surface area (Å²) in [6, 6.07) is 12.3. The van der Waals surface area contributed by atoms with Crippen LogP contribution in [0.4, 0.5) is 10.1 Å². The highest BCUT2D eigenvalue weighted by atomic mass is 19.1. The lowest BCUT2D eigenvalue weighted by atomic mass is 10.2. The van der Waals surface area contributed by atoms with Crippen molar-refractivity contribution in [3.8, 4) is 5.75 Å². The quantitative estimate of drug-likeness (QED) is 0.861. The van der Waals surface area contributed by atoms with E-state index in [1.54, 1.807) is 24.3 Å². The molecule has 0 unspecified atom stereocenters. The molecule has 0 bridgehead atoms. The zero-order valence-electron chi connectivity index (χ0n) is 12.6. The fourth-order valence-corrected chi connectivity index (χ4v) is 1.97. The molecule has 120 valence electrons. The number of methoxy groups -OCH3 is 1. The van der Waals surface area contributed by atoms with Crippen LogP contribution in [0.1, 0.15) is 16.8 Å². The summed E-state index contributed by atoms with van der Waals surface area (Å²) in [7, 11) is 1.49. The molecule has 2 aromatic carbocycles. The molecular formula is C17H17FN2O3. The van der Waals surface area contributed by atoms with E-state index in [-0.39, 0.29) is 30.6 Å². The van der Waals surface area contributed by atoms with Gasteiger partial charge in [-0.2, -0.15) is 0 Å². The maximum Gasteiger partial charge on any atom is 0.255 e. The SMILES string of the molecule is COc1ccccc1C(=O)NCCC(=O)Nc1ccc(F)cc1. The van der Waals surface area contributed by atoms with Crippen molar-refractivity contribution < 1.29 is 18.7 Å². The van der Waals surface area contributed by atoms with Crippen LogP contribution in [-0.2, 0) is 4.79 Å². The summed E-state index contributed by atoms with van der Waals surface area (Å²) in [5.41, 5.74) is 0.918. The highest BCUT2D eigenvalue weighted by Crippen LogP contribution is 2.16. The number of para-hydroxylation sites is 1. The Labute approximate surface area is 133 Å². The largest absolute Gasteiger partial charge is 0.496 e. The maximum atomic E-state index is 12.8. The smallest absolute Gasteiger partial charge is 0.255 e. The van der Waals surface area contributed by atoms with Gasteiger partial charge in [0.25, 0.3) is 5.91 Å². The molecule has 0 aliphatic carbocycles. The number of ether oxygens (including phenoxy) is 1. The summed E-state index contributed by atoms with van der Waals surface area (Å²) in [5.74, 6) is -0.471. The molecular weight excluding hydrogens is 299 g/mol. The number of nitrogens with one attached hydrogen (secondary N) is 2. The molecule has 2 amide bonds. The van der Waals surface area contributed by atoms with Crippen LogP contribution in [0.15, 0.2) is 48.5 Å². The van der Waals surface area contributed by atoms with Crippen LogP contribution in [0, 0.1) is 5.82 Å². The maximum absolute atomic E-state index is 12.8. The van der Waals surface area contributed by atoms with Gasteiger partial charge in [-0.15, -0.1) is 0 Å². The Bertz CT molecular complexity index is 686. The van der Waals surface area contributed by atoms with Crippen LogP contribution in [0.3, 0.4) is 0 Å². The van der Waals surface area contributed by atoms with Crippen molar-refractivity contribution >= 4 is 17.5 Å². The Morgan fingerprint density at radius 3 is 2.48 bits per heavy atom. The zero-order valence-corrected chi connectivity index (χ0v) is 12.6. The molecule has 0 aliphatic rings. The zero-order chi connectivity index (χ0) is 16.7. The molecule has 0 aromatic heterocycles. The van der Waals surface area contributed by atoms with E-state index >= 15 is 0 Å². The molecule has 6 heteroatoms. The topological polar surface area (TPSA) is 67.4 Å². The molecule has 0 heterocycles. The highest BCUT2D eigenvalue weighted by molar-refractivity contribution is 5.97. The monoisotopic (exact) mass is 316 g/mol. The van der Waals surface area contributed by atoms with Gasteiger partial charge < -0.3 is 15.4 Å². The van der Waals surface area contributed by atoms with E-state index in [2.05, 4.69) is 10.6 Å². The number of amides is 2. The second-order valence-corrected chi connectivity index (χ2v) is 4.76. The Hall–Kier alpha value is -2.89. The van der Waals surface area contributed by atoms with Crippen molar-refractivity contribution in [1.29, 1.82) is 0 Å². The second-order valence-electron chi connectivity index (χ2n) is 4.76. The number of hydrogen-bond donors (Lipinski definition) is 2. The van der Waals surface area contributed by atoms with E-state index in [1.165, 1.54) is 31.4 Å². The predicted molar refractivity (Wildman–Crippen MR) is 85.0 cm³/mol. The van der Waals surface area contributed by atoms with Gasteiger partial charge in [-0.3, -0.25) is 9.59 Å². The Balaban J connectivity index is 1.81. The van der Waals surface area contributed by atoms with E-state index in [0.717, 1.165) is 0 Å². The molecule has 0 aliphatic heterocycles. The third-order valence-electron chi connectivity index (χ3n) is 3.12. The first-order valence-corrected chi connectivity index (χ1v) is 7.07. The van der Waals surface area contributed by atoms with Crippen molar-refractivity contribution in [1.82, 2.24) is 5.32 Å². The van der Waals surface area contributed by atoms with Crippen molar-refractivity contribution in [2.24, 2.45) is 0 Å². The first-order valence-electron chi connectivity index (χ1n) is 7.07. The summed E-state index contributed by atoms with van der Waals surface area (Å²) >= 11 is 0. The van der Waals surface area contributed by atoms with Crippen LogP contribution in [0.25, 0.3) is 0 Å². The predicted octanol–water partition coefficient (Wildman–Crippen LogP) is 2.59. The van der Waals surface area contributed by atoms with E-state index in [4.69, 9.17) is 4.74 Å². The van der Waals surface area contributed by atoms with Crippen molar-refractivity contribution in [2.75, 3.05) is 19.0 Å². The lowest BCUT2D eigenvalue weighted by Crippen LogP contribution is -2.28.